The van der Waals surface area contributed by atoms with Gasteiger partial charge in [0.2, 0.25) is 0 Å². The number of alkyl halides is 2. The van der Waals surface area contributed by atoms with E-state index in [1.54, 1.807) is 19.4 Å². The number of piperazine rings is 1. The Morgan fingerprint density at radius 1 is 1.14 bits per heavy atom. The van der Waals surface area contributed by atoms with Crippen molar-refractivity contribution in [3.63, 3.8) is 0 Å². The van der Waals surface area contributed by atoms with Gasteiger partial charge in [-0.25, -0.2) is 18.4 Å². The van der Waals surface area contributed by atoms with Gasteiger partial charge in [-0.05, 0) is 75.4 Å². The third-order valence-electron chi connectivity index (χ3n) is 8.39. The Bertz CT molecular complexity index is 1550. The molecule has 1 N–H and O–H groups in total. The van der Waals surface area contributed by atoms with E-state index < -0.39 is 24.1 Å². The Balaban J connectivity index is 1.58. The van der Waals surface area contributed by atoms with E-state index >= 15 is 0 Å². The highest BCUT2D eigenvalue weighted by molar-refractivity contribution is 5.97. The topological polar surface area (TPSA) is 85.3 Å². The van der Waals surface area contributed by atoms with Crippen molar-refractivity contribution in [2.45, 2.75) is 65.1 Å². The highest BCUT2D eigenvalue weighted by Crippen LogP contribution is 2.40. The van der Waals surface area contributed by atoms with Crippen molar-refractivity contribution in [2.75, 3.05) is 52.3 Å². The van der Waals surface area contributed by atoms with Crippen molar-refractivity contribution < 1.29 is 32.6 Å². The summed E-state index contributed by atoms with van der Waals surface area (Å²) in [6.45, 7) is 9.76. The molecule has 0 amide bonds. The molecule has 0 unspecified atom stereocenters. The van der Waals surface area contributed by atoms with Gasteiger partial charge in [0, 0.05) is 55.9 Å². The van der Waals surface area contributed by atoms with Crippen molar-refractivity contribution in [2.24, 2.45) is 0 Å². The maximum atomic E-state index is 13.6. The summed E-state index contributed by atoms with van der Waals surface area (Å²) in [6.07, 6.45) is 0.473. The molecule has 2 aromatic carbocycles. The molecule has 1 saturated heterocycles. The number of hydrogen-bond donors (Lipinski definition) is 1. The average Bonchev–Trinajstić information content (AvgIpc) is 3.43. The number of carbonyl (C=O) groups excluding carboxylic acids is 2. The fraction of sp³-hybridized carbons (Fsp3) is 0.515. The minimum absolute atomic E-state index is 0.225. The molecule has 0 aliphatic carbocycles. The molecule has 1 aromatic heterocycles. The first-order chi connectivity index (χ1) is 20.9. The average molecular weight is 613 g/mol. The fourth-order valence-corrected chi connectivity index (χ4v) is 6.50. The number of nitrogens with zero attached hydrogens (tertiary/aromatic N) is 3. The van der Waals surface area contributed by atoms with Crippen LogP contribution in [0.4, 0.5) is 19.3 Å². The second kappa shape index (κ2) is 12.7. The monoisotopic (exact) mass is 612 g/mol. The van der Waals surface area contributed by atoms with Crippen LogP contribution < -0.4 is 10.1 Å². The zero-order chi connectivity index (χ0) is 31.8. The zero-order valence-electron chi connectivity index (χ0n) is 26.3. The van der Waals surface area contributed by atoms with E-state index in [9.17, 15) is 18.4 Å². The highest BCUT2D eigenvalue weighted by atomic mass is 19.3. The molecule has 0 radical (unpaired) electrons. The molecule has 238 valence electrons. The number of carbonyl (C=O) groups is 2. The van der Waals surface area contributed by atoms with E-state index in [0.717, 1.165) is 58.2 Å². The minimum atomic E-state index is -2.44. The predicted molar refractivity (Wildman–Crippen MR) is 165 cm³/mol. The van der Waals surface area contributed by atoms with Gasteiger partial charge in [-0.15, -0.1) is 0 Å². The van der Waals surface area contributed by atoms with Crippen LogP contribution in [0.1, 0.15) is 65.8 Å². The van der Waals surface area contributed by atoms with Gasteiger partial charge >= 0.3 is 12.1 Å². The van der Waals surface area contributed by atoms with Crippen LogP contribution in [0.2, 0.25) is 0 Å². The number of nitrogens with one attached hydrogen (secondary N) is 1. The molecule has 11 heteroatoms. The molecule has 3 aromatic rings. The smallest absolute Gasteiger partial charge is 0.419 e. The molecule has 2 aliphatic heterocycles. The van der Waals surface area contributed by atoms with Gasteiger partial charge in [0.25, 0.3) is 6.43 Å². The number of ether oxygens (including phenoxy) is 3. The number of methoxy groups -OCH3 is 2. The first-order valence-corrected chi connectivity index (χ1v) is 15.0. The van der Waals surface area contributed by atoms with Crippen molar-refractivity contribution in [1.29, 1.82) is 0 Å². The number of rotatable bonds is 7. The van der Waals surface area contributed by atoms with Crippen molar-refractivity contribution in [1.82, 2.24) is 14.4 Å². The lowest BCUT2D eigenvalue weighted by atomic mass is 9.88. The molecular formula is C33H42F2N4O5. The van der Waals surface area contributed by atoms with Crippen LogP contribution in [0, 0.1) is 6.92 Å². The van der Waals surface area contributed by atoms with Crippen LogP contribution in [-0.2, 0) is 22.4 Å². The second-order valence-corrected chi connectivity index (χ2v) is 12.5. The normalized spacial score (nSPS) is 17.8. The summed E-state index contributed by atoms with van der Waals surface area (Å²) < 4.78 is 45.2. The van der Waals surface area contributed by atoms with E-state index in [1.165, 1.54) is 11.7 Å². The van der Waals surface area contributed by atoms with Gasteiger partial charge in [0.05, 0.1) is 37.5 Å². The number of aromatic nitrogens is 1. The molecule has 9 nitrogen and oxygen atoms in total. The molecule has 1 atom stereocenters. The van der Waals surface area contributed by atoms with Gasteiger partial charge in [-0.3, -0.25) is 14.4 Å². The Kier molecular flexibility index (Phi) is 9.17. The van der Waals surface area contributed by atoms with Gasteiger partial charge in [0.1, 0.15) is 11.4 Å². The van der Waals surface area contributed by atoms with Gasteiger partial charge in [-0.1, -0.05) is 6.07 Å². The number of hydrogen-bond acceptors (Lipinski definition) is 8. The summed E-state index contributed by atoms with van der Waals surface area (Å²) in [5.74, 6) is 0.277. The number of benzene rings is 2. The Hall–Kier alpha value is -3.70. The summed E-state index contributed by atoms with van der Waals surface area (Å²) in [5.41, 5.74) is 5.12. The zero-order valence-corrected chi connectivity index (χ0v) is 26.3. The maximum absolute atomic E-state index is 13.6. The van der Waals surface area contributed by atoms with Gasteiger partial charge in [-0.2, -0.15) is 0 Å². The van der Waals surface area contributed by atoms with E-state index in [0.29, 0.717) is 37.5 Å². The Morgan fingerprint density at radius 2 is 1.91 bits per heavy atom. The lowest BCUT2D eigenvalue weighted by Crippen LogP contribution is -2.49. The first-order valence-electron chi connectivity index (χ1n) is 15.0. The summed E-state index contributed by atoms with van der Waals surface area (Å²) in [5, 5.41) is 4.26. The molecule has 3 heterocycles. The largest absolute Gasteiger partial charge is 0.496 e. The molecule has 2 aliphatic rings. The number of esters is 1. The Morgan fingerprint density at radius 3 is 2.59 bits per heavy atom. The van der Waals surface area contributed by atoms with E-state index in [-0.39, 0.29) is 12.6 Å². The molecule has 0 bridgehead atoms. The first kappa shape index (κ1) is 31.7. The van der Waals surface area contributed by atoms with E-state index in [1.807, 2.05) is 50.8 Å². The van der Waals surface area contributed by atoms with Gasteiger partial charge in [0.15, 0.2) is 0 Å². The molecule has 0 saturated carbocycles. The SMILES string of the molecule is COC(=O)c1ccc([C@@H]2CN(CC(F)F)CCN2Cc2c(OC)cc(C)c3c2ccn3C(=O)OC(C)(C)C)c2c1NCCC2. The van der Waals surface area contributed by atoms with Gasteiger partial charge < -0.3 is 19.5 Å². The standard InChI is InChI=1S/C33H42F2N4O5/c1-20-16-27(42-5)25(23-11-13-39(30(20)23)32(41)44-33(2,3)4)17-38-15-14-37(19-28(34)35)18-26(38)21-9-10-24(31(40)43-6)29-22(21)8-7-12-36-29/h9-11,13,16,26,28,36H,7-8,12,14-15,17-19H2,1-6H3/t26-/m0/s1. The summed E-state index contributed by atoms with van der Waals surface area (Å²) in [7, 11) is 2.99. The van der Waals surface area contributed by atoms with E-state index in [2.05, 4.69) is 10.2 Å². The molecule has 5 rings (SSSR count). The number of anilines is 1. The van der Waals surface area contributed by atoms with Crippen LogP contribution in [-0.4, -0.2) is 85.4 Å². The fourth-order valence-electron chi connectivity index (χ4n) is 6.50. The van der Waals surface area contributed by atoms with Crippen molar-refractivity contribution >= 4 is 28.7 Å². The minimum Gasteiger partial charge on any atom is -0.496 e. The van der Waals surface area contributed by atoms with Crippen LogP contribution in [0.25, 0.3) is 10.9 Å². The van der Waals surface area contributed by atoms with Crippen molar-refractivity contribution in [3.05, 3.63) is 58.3 Å². The number of fused-ring (bicyclic) bond motifs is 2. The summed E-state index contributed by atoms with van der Waals surface area (Å²) in [4.78, 5) is 29.8. The molecule has 0 spiro atoms. The molecule has 44 heavy (non-hydrogen) atoms. The third-order valence-corrected chi connectivity index (χ3v) is 8.39. The van der Waals surface area contributed by atoms with E-state index in [4.69, 9.17) is 14.2 Å². The predicted octanol–water partition coefficient (Wildman–Crippen LogP) is 6.01. The van der Waals surface area contributed by atoms with Crippen LogP contribution in [0.5, 0.6) is 5.75 Å². The lowest BCUT2D eigenvalue weighted by Gasteiger charge is -2.43. The molecular weight excluding hydrogens is 570 g/mol. The highest BCUT2D eigenvalue weighted by Gasteiger charge is 2.34. The van der Waals surface area contributed by atoms with Crippen LogP contribution >= 0.6 is 0 Å². The van der Waals surface area contributed by atoms with Crippen LogP contribution in [0.3, 0.4) is 0 Å². The maximum Gasteiger partial charge on any atom is 0.419 e. The van der Waals surface area contributed by atoms with Crippen molar-refractivity contribution in [3.8, 4) is 5.75 Å². The number of halogens is 2. The Labute approximate surface area is 257 Å². The second-order valence-electron chi connectivity index (χ2n) is 12.5. The quantitative estimate of drug-likeness (QED) is 0.325. The lowest BCUT2D eigenvalue weighted by molar-refractivity contribution is 0.0243. The number of aryl methyl sites for hydroxylation is 1. The van der Waals surface area contributed by atoms with Crippen LogP contribution in [0.15, 0.2) is 30.5 Å². The summed E-state index contributed by atoms with van der Waals surface area (Å²) >= 11 is 0. The third kappa shape index (κ3) is 6.39. The molecule has 1 fully saturated rings. The summed E-state index contributed by atoms with van der Waals surface area (Å²) in [6, 6.07) is 7.33.